The lowest BCUT2D eigenvalue weighted by Crippen LogP contribution is -2.63. The Labute approximate surface area is 111 Å². The third-order valence-corrected chi connectivity index (χ3v) is 3.38. The highest BCUT2D eigenvalue weighted by atomic mass is 19.1. The van der Waals surface area contributed by atoms with Crippen molar-refractivity contribution in [1.29, 1.82) is 0 Å². The molecule has 0 aliphatic carbocycles. The van der Waals surface area contributed by atoms with Crippen molar-refractivity contribution in [3.63, 3.8) is 0 Å². The normalized spacial score (nSPS) is 16.9. The van der Waals surface area contributed by atoms with Gasteiger partial charge in [0.05, 0.1) is 25.8 Å². The molecule has 104 valence electrons. The molecule has 0 saturated carbocycles. The maximum absolute atomic E-state index is 13.8. The van der Waals surface area contributed by atoms with E-state index in [9.17, 15) is 14.3 Å². The van der Waals surface area contributed by atoms with Gasteiger partial charge in [-0.25, -0.2) is 4.39 Å². The molecule has 1 aliphatic heterocycles. The first kappa shape index (κ1) is 13.8. The summed E-state index contributed by atoms with van der Waals surface area (Å²) < 4.78 is 18.8. The Kier molecular flexibility index (Phi) is 3.75. The highest BCUT2D eigenvalue weighted by Crippen LogP contribution is 2.30. The number of hydrogen-bond acceptors (Lipinski definition) is 3. The van der Waals surface area contributed by atoms with Gasteiger partial charge in [0.15, 0.2) is 0 Å². The van der Waals surface area contributed by atoms with Gasteiger partial charge >= 0.3 is 0 Å². The van der Waals surface area contributed by atoms with Gasteiger partial charge in [-0.1, -0.05) is 19.4 Å². The Bertz CT molecular complexity index is 484. The minimum Gasteiger partial charge on any atom is -0.496 e. The van der Waals surface area contributed by atoms with Gasteiger partial charge < -0.3 is 14.7 Å². The standard InChI is InChI=1S/C14H18FNO3/c1-3-7-14(18)8-16(9-14)13(17)12-10(15)5-4-6-11(12)19-2/h4-6,18H,3,7-9H2,1-2H3. The maximum Gasteiger partial charge on any atom is 0.260 e. The smallest absolute Gasteiger partial charge is 0.260 e. The lowest BCUT2D eigenvalue weighted by molar-refractivity contribution is -0.0862. The summed E-state index contributed by atoms with van der Waals surface area (Å²) in [6, 6.07) is 4.27. The van der Waals surface area contributed by atoms with E-state index < -0.39 is 17.3 Å². The van der Waals surface area contributed by atoms with E-state index in [1.54, 1.807) is 6.07 Å². The van der Waals surface area contributed by atoms with Gasteiger partial charge in [-0.3, -0.25) is 4.79 Å². The summed E-state index contributed by atoms with van der Waals surface area (Å²) >= 11 is 0. The van der Waals surface area contributed by atoms with Crippen molar-refractivity contribution in [2.24, 2.45) is 0 Å². The zero-order chi connectivity index (χ0) is 14.0. The molecule has 1 fully saturated rings. The van der Waals surface area contributed by atoms with Crippen LogP contribution in [0, 0.1) is 5.82 Å². The van der Waals surface area contributed by atoms with Crippen molar-refractivity contribution in [3.8, 4) is 5.75 Å². The predicted octanol–water partition coefficient (Wildman–Crippen LogP) is 1.82. The number of nitrogens with zero attached hydrogens (tertiary/aromatic N) is 1. The predicted molar refractivity (Wildman–Crippen MR) is 68.7 cm³/mol. The Morgan fingerprint density at radius 3 is 2.79 bits per heavy atom. The number of carbonyl (C=O) groups excluding carboxylic acids is 1. The van der Waals surface area contributed by atoms with Crippen LogP contribution in [0.25, 0.3) is 0 Å². The molecule has 0 radical (unpaired) electrons. The Morgan fingerprint density at radius 1 is 1.53 bits per heavy atom. The van der Waals surface area contributed by atoms with Crippen molar-refractivity contribution in [1.82, 2.24) is 4.90 Å². The molecule has 1 saturated heterocycles. The van der Waals surface area contributed by atoms with Crippen LogP contribution >= 0.6 is 0 Å². The maximum atomic E-state index is 13.8. The number of likely N-dealkylation sites (tertiary alicyclic amines) is 1. The third-order valence-electron chi connectivity index (χ3n) is 3.38. The molecule has 1 amide bonds. The number of aliphatic hydroxyl groups is 1. The number of ether oxygens (including phenoxy) is 1. The molecular formula is C14H18FNO3. The summed E-state index contributed by atoms with van der Waals surface area (Å²) in [5, 5.41) is 10.1. The fraction of sp³-hybridized carbons (Fsp3) is 0.500. The molecule has 0 unspecified atom stereocenters. The van der Waals surface area contributed by atoms with Gasteiger partial charge in [0, 0.05) is 0 Å². The SMILES string of the molecule is CCCC1(O)CN(C(=O)c2c(F)cccc2OC)C1. The summed E-state index contributed by atoms with van der Waals surface area (Å²) in [7, 11) is 1.40. The summed E-state index contributed by atoms with van der Waals surface area (Å²) in [5.74, 6) is -0.818. The fourth-order valence-electron chi connectivity index (χ4n) is 2.47. The highest BCUT2D eigenvalue weighted by Gasteiger charge is 2.43. The molecule has 4 nitrogen and oxygen atoms in total. The largest absolute Gasteiger partial charge is 0.496 e. The molecule has 0 atom stereocenters. The summed E-state index contributed by atoms with van der Waals surface area (Å²) in [6.07, 6.45) is 1.49. The summed E-state index contributed by atoms with van der Waals surface area (Å²) in [5.41, 5.74) is -0.883. The molecule has 0 bridgehead atoms. The second kappa shape index (κ2) is 5.17. The number of rotatable bonds is 4. The quantitative estimate of drug-likeness (QED) is 0.905. The van der Waals surface area contributed by atoms with Crippen LogP contribution in [0.15, 0.2) is 18.2 Å². The van der Waals surface area contributed by atoms with Gasteiger partial charge in [0.2, 0.25) is 0 Å². The van der Waals surface area contributed by atoms with Crippen LogP contribution in [0.4, 0.5) is 4.39 Å². The van der Waals surface area contributed by atoms with Crippen molar-refractivity contribution >= 4 is 5.91 Å². The van der Waals surface area contributed by atoms with E-state index in [0.717, 1.165) is 6.42 Å². The molecule has 1 aromatic rings. The zero-order valence-electron chi connectivity index (χ0n) is 11.1. The van der Waals surface area contributed by atoms with Crippen LogP contribution in [0.1, 0.15) is 30.1 Å². The minimum absolute atomic E-state index is 0.0662. The van der Waals surface area contributed by atoms with Crippen molar-refractivity contribution in [2.45, 2.75) is 25.4 Å². The average Bonchev–Trinajstić information content (AvgIpc) is 2.35. The van der Waals surface area contributed by atoms with Crippen LogP contribution in [-0.2, 0) is 0 Å². The number of methoxy groups -OCH3 is 1. The van der Waals surface area contributed by atoms with Crippen molar-refractivity contribution in [3.05, 3.63) is 29.6 Å². The Morgan fingerprint density at radius 2 is 2.21 bits per heavy atom. The number of hydrogen-bond donors (Lipinski definition) is 1. The molecule has 2 rings (SSSR count). The van der Waals surface area contributed by atoms with Gasteiger partial charge in [0.25, 0.3) is 5.91 Å². The molecule has 19 heavy (non-hydrogen) atoms. The monoisotopic (exact) mass is 267 g/mol. The first-order valence-corrected chi connectivity index (χ1v) is 6.35. The topological polar surface area (TPSA) is 49.8 Å². The van der Waals surface area contributed by atoms with Crippen LogP contribution in [0.3, 0.4) is 0 Å². The van der Waals surface area contributed by atoms with Gasteiger partial charge in [-0.2, -0.15) is 0 Å². The molecular weight excluding hydrogens is 249 g/mol. The van der Waals surface area contributed by atoms with E-state index >= 15 is 0 Å². The Balaban J connectivity index is 2.15. The molecule has 0 aromatic heterocycles. The van der Waals surface area contributed by atoms with E-state index in [1.165, 1.54) is 24.1 Å². The third kappa shape index (κ3) is 2.56. The van der Waals surface area contributed by atoms with Crippen LogP contribution in [-0.4, -0.2) is 41.7 Å². The first-order chi connectivity index (χ1) is 9.00. The summed E-state index contributed by atoms with van der Waals surface area (Å²) in [4.78, 5) is 13.7. The van der Waals surface area contributed by atoms with E-state index in [2.05, 4.69) is 0 Å². The number of amides is 1. The number of benzene rings is 1. The summed E-state index contributed by atoms with van der Waals surface area (Å²) in [6.45, 7) is 2.47. The fourth-order valence-corrected chi connectivity index (χ4v) is 2.47. The van der Waals surface area contributed by atoms with Crippen LogP contribution < -0.4 is 4.74 Å². The van der Waals surface area contributed by atoms with Crippen molar-refractivity contribution < 1.29 is 19.0 Å². The molecule has 0 spiro atoms. The molecule has 5 heteroatoms. The molecule has 1 aromatic carbocycles. The molecule has 1 N–H and O–H groups in total. The number of β-amino-alcohol motifs (C(OH)–C–C–N with tert-alkyl or cyclic N) is 1. The second-order valence-electron chi connectivity index (χ2n) is 4.95. The highest BCUT2D eigenvalue weighted by molar-refractivity contribution is 5.97. The number of halogens is 1. The Hall–Kier alpha value is -1.62. The lowest BCUT2D eigenvalue weighted by atomic mass is 9.88. The lowest BCUT2D eigenvalue weighted by Gasteiger charge is -2.46. The van der Waals surface area contributed by atoms with Crippen LogP contribution in [0.5, 0.6) is 5.75 Å². The second-order valence-corrected chi connectivity index (χ2v) is 4.95. The van der Waals surface area contributed by atoms with Gasteiger partial charge in [-0.05, 0) is 18.6 Å². The molecule has 1 heterocycles. The van der Waals surface area contributed by atoms with E-state index in [0.29, 0.717) is 6.42 Å². The first-order valence-electron chi connectivity index (χ1n) is 6.35. The number of carbonyl (C=O) groups is 1. The van der Waals surface area contributed by atoms with E-state index in [-0.39, 0.29) is 24.4 Å². The van der Waals surface area contributed by atoms with E-state index in [1.807, 2.05) is 6.92 Å². The van der Waals surface area contributed by atoms with Gasteiger partial charge in [0.1, 0.15) is 17.1 Å². The average molecular weight is 267 g/mol. The van der Waals surface area contributed by atoms with Gasteiger partial charge in [-0.15, -0.1) is 0 Å². The molecule has 1 aliphatic rings. The zero-order valence-corrected chi connectivity index (χ0v) is 11.1. The van der Waals surface area contributed by atoms with E-state index in [4.69, 9.17) is 4.74 Å². The van der Waals surface area contributed by atoms with Crippen molar-refractivity contribution in [2.75, 3.05) is 20.2 Å². The minimum atomic E-state index is -0.817. The van der Waals surface area contributed by atoms with Crippen LogP contribution in [0.2, 0.25) is 0 Å².